The molecule has 3 saturated heterocycles. The van der Waals surface area contributed by atoms with E-state index >= 15 is 8.78 Å². The minimum absolute atomic E-state index is 0.0770. The second kappa shape index (κ2) is 12.7. The van der Waals surface area contributed by atoms with Gasteiger partial charge in [-0.25, -0.2) is 17.6 Å². The van der Waals surface area contributed by atoms with Gasteiger partial charge in [0, 0.05) is 65.9 Å². The van der Waals surface area contributed by atoms with Crippen molar-refractivity contribution in [1.29, 1.82) is 0 Å². The number of piperidine rings is 1. The third-order valence-electron chi connectivity index (χ3n) is 12.3. The molecule has 288 valence electrons. The minimum atomic E-state index is -4.82. The van der Waals surface area contributed by atoms with Gasteiger partial charge in [-0.1, -0.05) is 13.0 Å². The Labute approximate surface area is 311 Å². The lowest BCUT2D eigenvalue weighted by Gasteiger charge is -2.35. The molecule has 0 amide bonds. The van der Waals surface area contributed by atoms with Gasteiger partial charge < -0.3 is 25.0 Å². The van der Waals surface area contributed by atoms with Crippen LogP contribution in [-0.2, 0) is 6.42 Å². The Bertz CT molecular complexity index is 2150. The van der Waals surface area contributed by atoms with Crippen molar-refractivity contribution in [2.24, 2.45) is 10.8 Å². The molecule has 0 radical (unpaired) electrons. The van der Waals surface area contributed by atoms with E-state index in [1.54, 1.807) is 6.92 Å². The highest BCUT2D eigenvalue weighted by Crippen LogP contribution is 2.65. The fraction of sp³-hybridized carbons (Fsp3) is 0.538. The van der Waals surface area contributed by atoms with Gasteiger partial charge in [0.15, 0.2) is 5.82 Å². The number of nitrogens with one attached hydrogen (secondary N) is 1. The molecule has 54 heavy (non-hydrogen) atoms. The van der Waals surface area contributed by atoms with Crippen molar-refractivity contribution in [3.63, 3.8) is 0 Å². The van der Waals surface area contributed by atoms with Crippen molar-refractivity contribution in [3.05, 3.63) is 47.5 Å². The molecule has 2 N–H and O–H groups in total. The van der Waals surface area contributed by atoms with Crippen LogP contribution in [0.2, 0.25) is 0 Å². The average Bonchev–Trinajstić information content (AvgIpc) is 3.94. The molecule has 9 rings (SSSR count). The highest BCUT2D eigenvalue weighted by molar-refractivity contribution is 8.00. The summed E-state index contributed by atoms with van der Waals surface area (Å²) in [5.74, 6) is -4.37. The first kappa shape index (κ1) is 36.1. The Hall–Kier alpha value is -3.56. The number of piperazine rings is 1. The van der Waals surface area contributed by atoms with E-state index in [1.165, 1.54) is 24.3 Å². The lowest BCUT2D eigenvalue weighted by molar-refractivity contribution is -0.0328. The molecule has 5 fully saturated rings. The molecule has 15 heteroatoms. The summed E-state index contributed by atoms with van der Waals surface area (Å²) in [6.07, 6.45) is 4.75. The van der Waals surface area contributed by atoms with E-state index in [0.717, 1.165) is 38.3 Å². The summed E-state index contributed by atoms with van der Waals surface area (Å²) in [7, 11) is 0. The molecule has 2 saturated carbocycles. The van der Waals surface area contributed by atoms with E-state index in [-0.39, 0.29) is 81.9 Å². The van der Waals surface area contributed by atoms with Crippen molar-refractivity contribution in [3.8, 4) is 22.9 Å². The summed E-state index contributed by atoms with van der Waals surface area (Å²) in [6.45, 7) is 4.48. The number of aromatic nitrogens is 2. The molecular formula is C39H40F7N5O2S. The molecule has 3 aliphatic heterocycles. The predicted molar refractivity (Wildman–Crippen MR) is 192 cm³/mol. The van der Waals surface area contributed by atoms with Gasteiger partial charge in [0.1, 0.15) is 22.9 Å². The number of thioether (sulfide) groups is 1. The van der Waals surface area contributed by atoms with Crippen LogP contribution >= 0.6 is 11.8 Å². The number of ether oxygens (including phenoxy) is 1. The number of nitrogens with zero attached hydrogens (tertiary/aromatic N) is 4. The number of hydrogen-bond donors (Lipinski definition) is 2. The summed E-state index contributed by atoms with van der Waals surface area (Å²) < 4.78 is 110. The highest BCUT2D eigenvalue weighted by atomic mass is 32.2. The van der Waals surface area contributed by atoms with Gasteiger partial charge in [0.2, 0.25) is 0 Å². The lowest BCUT2D eigenvalue weighted by atomic mass is 9.92. The summed E-state index contributed by atoms with van der Waals surface area (Å²) in [6, 6.07) is 6.50. The summed E-state index contributed by atoms with van der Waals surface area (Å²) >= 11 is -0.486. The number of hydrogen-bond acceptors (Lipinski definition) is 8. The number of rotatable bonds is 9. The molecule has 3 atom stereocenters. The first-order valence-corrected chi connectivity index (χ1v) is 19.5. The minimum Gasteiger partial charge on any atom is -0.508 e. The van der Waals surface area contributed by atoms with Crippen molar-refractivity contribution in [2.45, 2.75) is 86.7 Å². The second-order valence-electron chi connectivity index (χ2n) is 16.1. The van der Waals surface area contributed by atoms with Crippen molar-refractivity contribution in [1.82, 2.24) is 20.2 Å². The smallest absolute Gasteiger partial charge is 0.446 e. The second-order valence-corrected chi connectivity index (χ2v) is 17.2. The number of likely N-dealkylation sites (tertiary alicyclic amines) is 1. The van der Waals surface area contributed by atoms with Crippen LogP contribution in [0.25, 0.3) is 32.8 Å². The third-order valence-corrected chi connectivity index (χ3v) is 13.0. The molecule has 4 aromatic rings. The van der Waals surface area contributed by atoms with Crippen LogP contribution in [0.5, 0.6) is 11.8 Å². The molecule has 3 aromatic carbocycles. The number of phenols is 1. The fourth-order valence-corrected chi connectivity index (χ4v) is 10.1. The molecule has 3 unspecified atom stereocenters. The van der Waals surface area contributed by atoms with E-state index in [2.05, 4.69) is 15.2 Å². The van der Waals surface area contributed by atoms with Gasteiger partial charge in [0.05, 0.1) is 12.0 Å². The molecule has 4 heterocycles. The third kappa shape index (κ3) is 6.41. The maximum absolute atomic E-state index is 17.4. The number of fused-ring (bicyclic) bond motifs is 4. The van der Waals surface area contributed by atoms with Gasteiger partial charge in [-0.2, -0.15) is 23.1 Å². The molecule has 7 nitrogen and oxygen atoms in total. The van der Waals surface area contributed by atoms with Gasteiger partial charge in [0.25, 0.3) is 5.92 Å². The van der Waals surface area contributed by atoms with Crippen molar-refractivity contribution >= 4 is 39.3 Å². The van der Waals surface area contributed by atoms with Gasteiger partial charge in [-0.3, -0.25) is 0 Å². The van der Waals surface area contributed by atoms with Gasteiger partial charge in [-0.05, 0) is 109 Å². The van der Waals surface area contributed by atoms with E-state index in [4.69, 9.17) is 9.72 Å². The Morgan fingerprint density at radius 1 is 1.04 bits per heavy atom. The highest BCUT2D eigenvalue weighted by Gasteiger charge is 2.71. The monoisotopic (exact) mass is 775 g/mol. The quantitative estimate of drug-likeness (QED) is 0.129. The number of aromatic hydroxyl groups is 1. The first-order chi connectivity index (χ1) is 25.7. The van der Waals surface area contributed by atoms with E-state index in [1.807, 2.05) is 4.90 Å². The van der Waals surface area contributed by atoms with Crippen LogP contribution in [0.3, 0.4) is 0 Å². The lowest BCUT2D eigenvalue weighted by Crippen LogP contribution is -2.51. The standard InChI is InChI=1S/C39H40F7N5O2S/c1-2-25-28(40)7-4-21-12-24(52)13-26(30(21)25)31-29(54-39(44,45)46)14-27-33(32(31)41)48-35(49-34(27)51-15-22-5-6-23(16-51)47-22)53-20-36(9-10-36)18-50-11-3-8-37(19-50)17-38(37,42)43/h4,7,12-14,22-23,47,52H,2-3,5-6,8-11,15-20H2,1H3. The summed E-state index contributed by atoms with van der Waals surface area (Å²) in [5.41, 5.74) is -6.71. The number of halogens is 7. The Morgan fingerprint density at radius 3 is 2.44 bits per heavy atom. The number of anilines is 1. The van der Waals surface area contributed by atoms with Crippen LogP contribution in [0, 0.1) is 22.5 Å². The van der Waals surface area contributed by atoms with Crippen LogP contribution < -0.4 is 15.0 Å². The number of phenolic OH excluding ortho intramolecular Hbond substituents is 1. The zero-order valence-corrected chi connectivity index (χ0v) is 30.5. The predicted octanol–water partition coefficient (Wildman–Crippen LogP) is 8.83. The number of aryl methyl sites for hydroxylation is 1. The Balaban J connectivity index is 1.15. The molecular weight excluding hydrogens is 736 g/mol. The summed E-state index contributed by atoms with van der Waals surface area (Å²) in [5, 5.41) is 14.9. The number of alkyl halides is 5. The zero-order chi connectivity index (χ0) is 37.8. The van der Waals surface area contributed by atoms with Crippen molar-refractivity contribution in [2.75, 3.05) is 44.2 Å². The molecule has 2 bridgehead atoms. The number of benzene rings is 3. The SMILES string of the molecule is CCc1c(F)ccc2cc(O)cc(-c3c(SC(F)(F)F)cc4c(N5CC6CCC(C5)N6)nc(OCC5(CN6CCCC7(C6)CC7(F)F)CC5)nc4c3F)c12. The summed E-state index contributed by atoms with van der Waals surface area (Å²) in [4.78, 5) is 12.8. The fourth-order valence-electron chi connectivity index (χ4n) is 9.34. The molecule has 1 spiro atoms. The van der Waals surface area contributed by atoms with Crippen molar-refractivity contribution < 1.29 is 40.6 Å². The largest absolute Gasteiger partial charge is 0.508 e. The average molecular weight is 776 g/mol. The zero-order valence-electron chi connectivity index (χ0n) is 29.6. The topological polar surface area (TPSA) is 73.8 Å². The van der Waals surface area contributed by atoms with Crippen LogP contribution in [0.1, 0.15) is 57.4 Å². The molecule has 1 aromatic heterocycles. The van der Waals surface area contributed by atoms with Crippen LogP contribution in [-0.4, -0.2) is 82.8 Å². The molecule has 5 aliphatic rings. The normalized spacial score (nSPS) is 25.9. The Kier molecular flexibility index (Phi) is 8.51. The molecule has 2 aliphatic carbocycles. The van der Waals surface area contributed by atoms with Gasteiger partial charge in [-0.15, -0.1) is 0 Å². The first-order valence-electron chi connectivity index (χ1n) is 18.6. The maximum atomic E-state index is 17.4. The maximum Gasteiger partial charge on any atom is 0.446 e. The van der Waals surface area contributed by atoms with E-state index in [9.17, 15) is 27.1 Å². The van der Waals surface area contributed by atoms with Crippen LogP contribution in [0.4, 0.5) is 36.6 Å². The van der Waals surface area contributed by atoms with Crippen LogP contribution in [0.15, 0.2) is 35.2 Å². The van der Waals surface area contributed by atoms with E-state index in [0.29, 0.717) is 44.4 Å². The Morgan fingerprint density at radius 2 is 1.78 bits per heavy atom. The van der Waals surface area contributed by atoms with Gasteiger partial charge >= 0.3 is 11.5 Å². The van der Waals surface area contributed by atoms with E-state index < -0.39 is 50.7 Å².